The van der Waals surface area contributed by atoms with E-state index in [2.05, 4.69) is 10.3 Å². The number of carbonyl (C=O) groups is 1. The lowest BCUT2D eigenvalue weighted by Crippen LogP contribution is -2.21. The van der Waals surface area contributed by atoms with Crippen molar-refractivity contribution in [1.82, 2.24) is 9.88 Å². The van der Waals surface area contributed by atoms with Gasteiger partial charge in [0, 0.05) is 25.3 Å². The van der Waals surface area contributed by atoms with Crippen LogP contribution in [-0.4, -0.2) is 29.9 Å². The van der Waals surface area contributed by atoms with Crippen LogP contribution >= 0.6 is 22.9 Å². The minimum absolute atomic E-state index is 0.00894. The Hall–Kier alpha value is -1.59. The van der Waals surface area contributed by atoms with E-state index in [1.807, 2.05) is 25.1 Å². The summed E-state index contributed by atoms with van der Waals surface area (Å²) in [5.74, 6) is -0.00894. The van der Waals surface area contributed by atoms with E-state index < -0.39 is 0 Å². The molecule has 6 heteroatoms. The van der Waals surface area contributed by atoms with Gasteiger partial charge in [0.2, 0.25) is 0 Å². The second kappa shape index (κ2) is 6.24. The fraction of sp³-hybridized carbons (Fsp3) is 0.286. The Bertz CT molecular complexity index is 625. The Kier molecular flexibility index (Phi) is 4.62. The first kappa shape index (κ1) is 14.8. The van der Waals surface area contributed by atoms with Crippen molar-refractivity contribution >= 4 is 34.5 Å². The molecule has 2 aromatic rings. The molecular formula is C14H16ClN3OS. The van der Waals surface area contributed by atoms with Crippen molar-refractivity contribution in [2.24, 2.45) is 0 Å². The first-order valence-corrected chi connectivity index (χ1v) is 7.33. The van der Waals surface area contributed by atoms with E-state index in [9.17, 15) is 4.79 Å². The molecule has 0 saturated carbocycles. The number of hydrogen-bond acceptors (Lipinski definition) is 4. The molecule has 0 unspecified atom stereocenters. The number of nitrogens with one attached hydrogen (secondary N) is 1. The van der Waals surface area contributed by atoms with Gasteiger partial charge in [-0.2, -0.15) is 0 Å². The predicted molar refractivity (Wildman–Crippen MR) is 83.6 cm³/mol. The standard InChI is InChI=1S/C14H16ClN3OS/c1-9-4-5-10(14(19)18(2)3)6-11(9)16-8-13-17-7-12(15)20-13/h4-7,16H,8H2,1-3H3. The Labute approximate surface area is 127 Å². The summed E-state index contributed by atoms with van der Waals surface area (Å²) >= 11 is 7.30. The summed E-state index contributed by atoms with van der Waals surface area (Å²) in [6.45, 7) is 2.60. The number of amides is 1. The van der Waals surface area contributed by atoms with Crippen LogP contribution in [-0.2, 0) is 6.54 Å². The minimum atomic E-state index is -0.00894. The lowest BCUT2D eigenvalue weighted by atomic mass is 10.1. The molecule has 0 atom stereocenters. The number of aromatic nitrogens is 1. The largest absolute Gasteiger partial charge is 0.378 e. The highest BCUT2D eigenvalue weighted by Gasteiger charge is 2.10. The Morgan fingerprint density at radius 1 is 1.45 bits per heavy atom. The molecule has 106 valence electrons. The lowest BCUT2D eigenvalue weighted by Gasteiger charge is -2.13. The number of hydrogen-bond donors (Lipinski definition) is 1. The topological polar surface area (TPSA) is 45.2 Å². The number of carbonyl (C=O) groups excluding carboxylic acids is 1. The maximum absolute atomic E-state index is 12.0. The van der Waals surface area contributed by atoms with Crippen LogP contribution in [0.1, 0.15) is 20.9 Å². The van der Waals surface area contributed by atoms with Crippen LogP contribution in [0.25, 0.3) is 0 Å². The molecular weight excluding hydrogens is 294 g/mol. The fourth-order valence-corrected chi connectivity index (χ4v) is 2.64. The van der Waals surface area contributed by atoms with Crippen LogP contribution in [0.5, 0.6) is 0 Å². The number of anilines is 1. The van der Waals surface area contributed by atoms with Crippen molar-refractivity contribution in [3.8, 4) is 0 Å². The number of thiazole rings is 1. The average Bonchev–Trinajstić information content (AvgIpc) is 2.82. The van der Waals surface area contributed by atoms with Gasteiger partial charge in [-0.15, -0.1) is 11.3 Å². The van der Waals surface area contributed by atoms with Gasteiger partial charge >= 0.3 is 0 Å². The predicted octanol–water partition coefficient (Wildman–Crippen LogP) is 3.42. The van der Waals surface area contributed by atoms with Crippen molar-refractivity contribution in [2.45, 2.75) is 13.5 Å². The molecule has 0 aliphatic heterocycles. The lowest BCUT2D eigenvalue weighted by molar-refractivity contribution is 0.0827. The summed E-state index contributed by atoms with van der Waals surface area (Å²) in [5.41, 5.74) is 2.69. The zero-order valence-corrected chi connectivity index (χ0v) is 13.2. The van der Waals surface area contributed by atoms with E-state index in [1.165, 1.54) is 11.3 Å². The smallest absolute Gasteiger partial charge is 0.253 e. The minimum Gasteiger partial charge on any atom is -0.378 e. The molecule has 20 heavy (non-hydrogen) atoms. The Balaban J connectivity index is 2.14. The normalized spacial score (nSPS) is 10.4. The fourth-order valence-electron chi connectivity index (χ4n) is 1.74. The van der Waals surface area contributed by atoms with E-state index in [0.29, 0.717) is 16.4 Å². The van der Waals surface area contributed by atoms with Gasteiger partial charge in [-0.05, 0) is 24.6 Å². The molecule has 0 fully saturated rings. The van der Waals surface area contributed by atoms with E-state index in [4.69, 9.17) is 11.6 Å². The number of rotatable bonds is 4. The molecule has 1 aromatic heterocycles. The number of benzene rings is 1. The first-order valence-electron chi connectivity index (χ1n) is 6.14. The number of nitrogens with zero attached hydrogens (tertiary/aromatic N) is 2. The van der Waals surface area contributed by atoms with E-state index >= 15 is 0 Å². The van der Waals surface area contributed by atoms with Gasteiger partial charge < -0.3 is 10.2 Å². The highest BCUT2D eigenvalue weighted by molar-refractivity contribution is 7.15. The third-order valence-corrected chi connectivity index (χ3v) is 3.96. The summed E-state index contributed by atoms with van der Waals surface area (Å²) in [6.07, 6.45) is 1.64. The van der Waals surface area contributed by atoms with Crippen LogP contribution in [0.15, 0.2) is 24.4 Å². The Morgan fingerprint density at radius 3 is 2.80 bits per heavy atom. The van der Waals surface area contributed by atoms with E-state index in [0.717, 1.165) is 16.3 Å². The molecule has 1 amide bonds. The molecule has 0 aliphatic rings. The molecule has 2 rings (SSSR count). The average molecular weight is 310 g/mol. The van der Waals surface area contributed by atoms with Gasteiger partial charge in [0.15, 0.2) is 0 Å². The second-order valence-electron chi connectivity index (χ2n) is 4.64. The van der Waals surface area contributed by atoms with Crippen LogP contribution < -0.4 is 5.32 Å². The van der Waals surface area contributed by atoms with Crippen molar-refractivity contribution < 1.29 is 4.79 Å². The van der Waals surface area contributed by atoms with Gasteiger partial charge in [-0.25, -0.2) is 4.98 Å². The van der Waals surface area contributed by atoms with Crippen LogP contribution in [0.4, 0.5) is 5.69 Å². The number of aryl methyl sites for hydroxylation is 1. The zero-order chi connectivity index (χ0) is 14.7. The van der Waals surface area contributed by atoms with Gasteiger partial charge in [-0.1, -0.05) is 17.7 Å². The van der Waals surface area contributed by atoms with Crippen molar-refractivity contribution in [3.05, 3.63) is 44.9 Å². The summed E-state index contributed by atoms with van der Waals surface area (Å²) < 4.78 is 0.676. The molecule has 0 radical (unpaired) electrons. The maximum atomic E-state index is 12.0. The molecule has 0 saturated heterocycles. The van der Waals surface area contributed by atoms with Gasteiger partial charge in [-0.3, -0.25) is 4.79 Å². The van der Waals surface area contributed by atoms with Crippen LogP contribution in [0.3, 0.4) is 0 Å². The molecule has 0 bridgehead atoms. The van der Waals surface area contributed by atoms with Crippen molar-refractivity contribution in [2.75, 3.05) is 19.4 Å². The van der Waals surface area contributed by atoms with E-state index in [1.54, 1.807) is 25.2 Å². The van der Waals surface area contributed by atoms with Gasteiger partial charge in [0.1, 0.15) is 9.34 Å². The molecule has 4 nitrogen and oxygen atoms in total. The van der Waals surface area contributed by atoms with Gasteiger partial charge in [0.25, 0.3) is 5.91 Å². The summed E-state index contributed by atoms with van der Waals surface area (Å²) in [4.78, 5) is 17.7. The second-order valence-corrected chi connectivity index (χ2v) is 6.39. The zero-order valence-electron chi connectivity index (χ0n) is 11.6. The van der Waals surface area contributed by atoms with E-state index in [-0.39, 0.29) is 5.91 Å². The summed E-state index contributed by atoms with van der Waals surface area (Å²) in [7, 11) is 3.49. The Morgan fingerprint density at radius 2 is 2.20 bits per heavy atom. The van der Waals surface area contributed by atoms with Crippen molar-refractivity contribution in [3.63, 3.8) is 0 Å². The molecule has 1 aromatic carbocycles. The third-order valence-electron chi connectivity index (χ3n) is 2.85. The summed E-state index contributed by atoms with van der Waals surface area (Å²) in [6, 6.07) is 5.64. The molecule has 0 spiro atoms. The molecule has 1 N–H and O–H groups in total. The maximum Gasteiger partial charge on any atom is 0.253 e. The monoisotopic (exact) mass is 309 g/mol. The molecule has 1 heterocycles. The SMILES string of the molecule is Cc1ccc(C(=O)N(C)C)cc1NCc1ncc(Cl)s1. The van der Waals surface area contributed by atoms with Crippen LogP contribution in [0, 0.1) is 6.92 Å². The highest BCUT2D eigenvalue weighted by Crippen LogP contribution is 2.22. The van der Waals surface area contributed by atoms with Crippen molar-refractivity contribution in [1.29, 1.82) is 0 Å². The number of halogens is 1. The summed E-state index contributed by atoms with van der Waals surface area (Å²) in [5, 5.41) is 4.21. The van der Waals surface area contributed by atoms with Crippen LogP contribution in [0.2, 0.25) is 4.34 Å². The quantitative estimate of drug-likeness (QED) is 0.941. The first-order chi connectivity index (χ1) is 9.47. The molecule has 0 aliphatic carbocycles. The third kappa shape index (κ3) is 3.49. The van der Waals surface area contributed by atoms with Gasteiger partial charge in [0.05, 0.1) is 12.7 Å². The highest BCUT2D eigenvalue weighted by atomic mass is 35.5.